The molecule has 0 fully saturated rings. The average molecular weight is 397 g/mol. The molecule has 0 bridgehead atoms. The van der Waals surface area contributed by atoms with E-state index in [1.54, 1.807) is 18.2 Å². The van der Waals surface area contributed by atoms with Gasteiger partial charge >= 0.3 is 0 Å². The number of nitrogens with one attached hydrogen (secondary N) is 1. The molecule has 2 heterocycles. The molecule has 1 atom stereocenters. The highest BCUT2D eigenvalue weighted by molar-refractivity contribution is 6.19. The lowest BCUT2D eigenvalue weighted by Crippen LogP contribution is -2.37. The standard InChI is InChI=1S/C24H19N3O3/c1-15-22(16-7-3-2-4-8-16)23(26-19-10-6-5-9-18(19)25-15)27-24(28)17-11-12-20-21(13-17)30-14-29-20/h2-13,22H,14H2,1H3,(H,26,27,28). The Hall–Kier alpha value is -3.93. The fourth-order valence-corrected chi connectivity index (χ4v) is 3.67. The molecule has 0 spiro atoms. The second-order valence-corrected chi connectivity index (χ2v) is 7.10. The van der Waals surface area contributed by atoms with Crippen LogP contribution in [0.1, 0.15) is 28.8 Å². The number of fused-ring (bicyclic) bond motifs is 2. The highest BCUT2D eigenvalue weighted by Gasteiger charge is 2.27. The molecule has 0 saturated carbocycles. The topological polar surface area (TPSA) is 72.3 Å². The van der Waals surface area contributed by atoms with E-state index in [0.717, 1.165) is 22.6 Å². The van der Waals surface area contributed by atoms with Gasteiger partial charge in [-0.05, 0) is 42.8 Å². The van der Waals surface area contributed by atoms with Gasteiger partial charge in [-0.2, -0.15) is 0 Å². The summed E-state index contributed by atoms with van der Waals surface area (Å²) in [7, 11) is 0. The molecule has 0 radical (unpaired) electrons. The zero-order chi connectivity index (χ0) is 20.5. The Morgan fingerprint density at radius 2 is 1.60 bits per heavy atom. The summed E-state index contributed by atoms with van der Waals surface area (Å²) in [5.74, 6) is 1.21. The summed E-state index contributed by atoms with van der Waals surface area (Å²) in [4.78, 5) is 22.7. The van der Waals surface area contributed by atoms with Crippen LogP contribution in [-0.2, 0) is 0 Å². The van der Waals surface area contributed by atoms with Crippen LogP contribution in [0.4, 0.5) is 11.4 Å². The van der Waals surface area contributed by atoms with Crippen LogP contribution in [0.2, 0.25) is 0 Å². The minimum Gasteiger partial charge on any atom is -0.454 e. The molecule has 148 valence electrons. The lowest BCUT2D eigenvalue weighted by atomic mass is 9.93. The number of hydrogen-bond acceptors (Lipinski definition) is 5. The van der Waals surface area contributed by atoms with Gasteiger partial charge in [-0.1, -0.05) is 42.5 Å². The maximum absolute atomic E-state index is 13.1. The lowest BCUT2D eigenvalue weighted by molar-refractivity contribution is 0.0976. The van der Waals surface area contributed by atoms with Crippen molar-refractivity contribution in [3.05, 3.63) is 83.9 Å². The Morgan fingerprint density at radius 1 is 0.900 bits per heavy atom. The van der Waals surface area contributed by atoms with E-state index in [-0.39, 0.29) is 18.6 Å². The van der Waals surface area contributed by atoms with Crippen molar-refractivity contribution in [3.8, 4) is 11.5 Å². The average Bonchev–Trinajstić information content (AvgIpc) is 3.18. The number of carbonyl (C=O) groups excluding carboxylic acids is 1. The molecule has 6 nitrogen and oxygen atoms in total. The van der Waals surface area contributed by atoms with Gasteiger partial charge in [0.25, 0.3) is 5.91 Å². The number of ether oxygens (including phenoxy) is 2. The van der Waals surface area contributed by atoms with Crippen molar-refractivity contribution in [1.82, 2.24) is 5.32 Å². The molecular weight excluding hydrogens is 378 g/mol. The van der Waals surface area contributed by atoms with Crippen LogP contribution in [0.3, 0.4) is 0 Å². The maximum Gasteiger partial charge on any atom is 0.256 e. The second-order valence-electron chi connectivity index (χ2n) is 7.10. The largest absolute Gasteiger partial charge is 0.454 e. The molecule has 1 N–H and O–H groups in total. The van der Waals surface area contributed by atoms with Crippen molar-refractivity contribution in [1.29, 1.82) is 0 Å². The Kier molecular flexibility index (Phi) is 4.52. The van der Waals surface area contributed by atoms with Gasteiger partial charge in [-0.15, -0.1) is 0 Å². The SMILES string of the molecule is CC1=Nc2ccccc2N=C(NC(=O)c2ccc3c(c2)OCO3)C1c1ccccc1. The third kappa shape index (κ3) is 3.33. The summed E-state index contributed by atoms with van der Waals surface area (Å²) < 4.78 is 10.7. The summed E-state index contributed by atoms with van der Waals surface area (Å²) in [5, 5.41) is 3.02. The van der Waals surface area contributed by atoms with Crippen molar-refractivity contribution < 1.29 is 14.3 Å². The van der Waals surface area contributed by atoms with E-state index < -0.39 is 0 Å². The Morgan fingerprint density at radius 3 is 2.40 bits per heavy atom. The van der Waals surface area contributed by atoms with Gasteiger partial charge in [-0.25, -0.2) is 4.99 Å². The molecule has 0 aliphatic carbocycles. The van der Waals surface area contributed by atoms with Gasteiger partial charge in [-0.3, -0.25) is 9.79 Å². The quantitative estimate of drug-likeness (QED) is 0.677. The third-order valence-electron chi connectivity index (χ3n) is 5.12. The highest BCUT2D eigenvalue weighted by Crippen LogP contribution is 2.35. The number of aliphatic imine (C=N–C) groups is 2. The summed E-state index contributed by atoms with van der Waals surface area (Å²) in [6, 6.07) is 22.7. The van der Waals surface area contributed by atoms with Crippen LogP contribution in [0.5, 0.6) is 11.5 Å². The van der Waals surface area contributed by atoms with E-state index in [4.69, 9.17) is 19.5 Å². The van der Waals surface area contributed by atoms with E-state index in [9.17, 15) is 4.79 Å². The predicted molar refractivity (Wildman–Crippen MR) is 116 cm³/mol. The molecule has 30 heavy (non-hydrogen) atoms. The van der Waals surface area contributed by atoms with Crippen molar-refractivity contribution in [2.24, 2.45) is 9.98 Å². The van der Waals surface area contributed by atoms with Gasteiger partial charge in [0, 0.05) is 11.3 Å². The maximum atomic E-state index is 13.1. The molecule has 6 heteroatoms. The molecular formula is C24H19N3O3. The van der Waals surface area contributed by atoms with Gasteiger partial charge in [0.2, 0.25) is 6.79 Å². The first kappa shape index (κ1) is 18.1. The molecule has 5 rings (SSSR count). The number of hydrogen-bond donors (Lipinski definition) is 1. The van der Waals surface area contributed by atoms with Crippen LogP contribution in [0, 0.1) is 0 Å². The Labute approximate surface area is 173 Å². The van der Waals surface area contributed by atoms with Crippen LogP contribution in [-0.4, -0.2) is 24.2 Å². The van der Waals surface area contributed by atoms with E-state index in [1.165, 1.54) is 0 Å². The van der Waals surface area contributed by atoms with Crippen molar-refractivity contribution >= 4 is 28.8 Å². The number of rotatable bonds is 2. The number of carbonyl (C=O) groups is 1. The van der Waals surface area contributed by atoms with Crippen LogP contribution in [0.15, 0.2) is 82.8 Å². The fourth-order valence-electron chi connectivity index (χ4n) is 3.67. The minimum atomic E-state index is -0.267. The van der Waals surface area contributed by atoms with Crippen LogP contribution >= 0.6 is 0 Å². The molecule has 3 aromatic rings. The number of para-hydroxylation sites is 2. The van der Waals surface area contributed by atoms with Gasteiger partial charge in [0.05, 0.1) is 17.3 Å². The lowest BCUT2D eigenvalue weighted by Gasteiger charge is -2.19. The summed E-state index contributed by atoms with van der Waals surface area (Å²) in [6.45, 7) is 2.12. The Bertz CT molecular complexity index is 1190. The van der Waals surface area contributed by atoms with Gasteiger partial charge < -0.3 is 14.8 Å². The second kappa shape index (κ2) is 7.48. The van der Waals surface area contributed by atoms with E-state index in [1.807, 2.05) is 61.5 Å². The van der Waals surface area contributed by atoms with Crippen LogP contribution in [0.25, 0.3) is 0 Å². The first-order valence-corrected chi connectivity index (χ1v) is 9.68. The highest BCUT2D eigenvalue weighted by atomic mass is 16.7. The number of amidine groups is 1. The zero-order valence-corrected chi connectivity index (χ0v) is 16.3. The number of amides is 1. The van der Waals surface area contributed by atoms with Crippen LogP contribution < -0.4 is 14.8 Å². The summed E-state index contributed by atoms with van der Waals surface area (Å²) in [6.07, 6.45) is 0. The minimum absolute atomic E-state index is 0.162. The molecule has 1 unspecified atom stereocenters. The van der Waals surface area contributed by atoms with E-state index in [0.29, 0.717) is 22.9 Å². The number of nitrogens with zero attached hydrogens (tertiary/aromatic N) is 2. The van der Waals surface area contributed by atoms with Gasteiger partial charge in [0.15, 0.2) is 11.5 Å². The molecule has 0 saturated heterocycles. The number of benzene rings is 3. The fraction of sp³-hybridized carbons (Fsp3) is 0.125. The summed E-state index contributed by atoms with van der Waals surface area (Å²) >= 11 is 0. The first-order valence-electron chi connectivity index (χ1n) is 9.68. The third-order valence-corrected chi connectivity index (χ3v) is 5.12. The van der Waals surface area contributed by atoms with E-state index >= 15 is 0 Å². The van der Waals surface area contributed by atoms with Gasteiger partial charge in [0.1, 0.15) is 5.84 Å². The summed E-state index contributed by atoms with van der Waals surface area (Å²) in [5.41, 5.74) is 3.84. The smallest absolute Gasteiger partial charge is 0.256 e. The molecule has 3 aromatic carbocycles. The van der Waals surface area contributed by atoms with Crippen molar-refractivity contribution in [2.75, 3.05) is 6.79 Å². The zero-order valence-electron chi connectivity index (χ0n) is 16.3. The molecule has 1 amide bonds. The Balaban J connectivity index is 1.55. The molecule has 2 aliphatic heterocycles. The molecule has 2 aliphatic rings. The normalized spacial score (nSPS) is 16.8. The van der Waals surface area contributed by atoms with Crippen molar-refractivity contribution in [2.45, 2.75) is 12.8 Å². The first-order chi connectivity index (χ1) is 14.7. The predicted octanol–water partition coefficient (Wildman–Crippen LogP) is 4.77. The van der Waals surface area contributed by atoms with Crippen molar-refractivity contribution in [3.63, 3.8) is 0 Å². The monoisotopic (exact) mass is 397 g/mol. The molecule has 0 aromatic heterocycles. The van der Waals surface area contributed by atoms with E-state index in [2.05, 4.69) is 5.32 Å².